The van der Waals surface area contributed by atoms with Gasteiger partial charge in [0, 0.05) is 29.9 Å². The zero-order chi connectivity index (χ0) is 18.4. The third-order valence-electron chi connectivity index (χ3n) is 3.68. The normalized spacial score (nSPS) is 11.2. The lowest BCUT2D eigenvalue weighted by molar-refractivity contribution is 0.0793. The van der Waals surface area contributed by atoms with E-state index in [0.717, 1.165) is 12.8 Å². The minimum atomic E-state index is -3.74. The summed E-state index contributed by atoms with van der Waals surface area (Å²) in [5, 5.41) is 0.460. The summed E-state index contributed by atoms with van der Waals surface area (Å²) in [7, 11) is -2.00. The second-order valence-electron chi connectivity index (χ2n) is 5.72. The van der Waals surface area contributed by atoms with Gasteiger partial charge in [-0.05, 0) is 48.9 Å². The highest BCUT2D eigenvalue weighted by atomic mass is 35.5. The van der Waals surface area contributed by atoms with Crippen molar-refractivity contribution < 1.29 is 13.2 Å². The first kappa shape index (κ1) is 19.3. The molecule has 2 aromatic rings. The largest absolute Gasteiger partial charge is 0.342 e. The Morgan fingerprint density at radius 1 is 1.16 bits per heavy atom. The average Bonchev–Trinajstić information content (AvgIpc) is 2.59. The number of halogens is 1. The molecule has 5 nitrogen and oxygen atoms in total. The Bertz CT molecular complexity index is 836. The second kappa shape index (κ2) is 8.36. The fourth-order valence-electron chi connectivity index (χ4n) is 2.26. The zero-order valence-electron chi connectivity index (χ0n) is 14.2. The third kappa shape index (κ3) is 5.21. The fourth-order valence-corrected chi connectivity index (χ4v) is 3.44. The summed E-state index contributed by atoms with van der Waals surface area (Å²) in [6.07, 6.45) is 1.92. The highest BCUT2D eigenvalue weighted by Crippen LogP contribution is 2.19. The number of anilines is 1. The summed E-state index contributed by atoms with van der Waals surface area (Å²) in [5.41, 5.74) is 0.777. The number of hydrogen-bond donors (Lipinski definition) is 1. The molecule has 0 aliphatic rings. The molecule has 0 saturated carbocycles. The first-order chi connectivity index (χ1) is 11.8. The Hall–Kier alpha value is -2.05. The van der Waals surface area contributed by atoms with E-state index >= 15 is 0 Å². The highest BCUT2D eigenvalue weighted by Gasteiger charge is 2.16. The summed E-state index contributed by atoms with van der Waals surface area (Å²) in [6.45, 7) is 2.72. The first-order valence-corrected chi connectivity index (χ1v) is 9.83. The number of nitrogens with zero attached hydrogens (tertiary/aromatic N) is 1. The van der Waals surface area contributed by atoms with E-state index in [9.17, 15) is 13.2 Å². The third-order valence-corrected chi connectivity index (χ3v) is 5.33. The lowest BCUT2D eigenvalue weighted by Crippen LogP contribution is -2.27. The minimum absolute atomic E-state index is 0.105. The lowest BCUT2D eigenvalue weighted by Gasteiger charge is -2.17. The molecule has 25 heavy (non-hydrogen) atoms. The zero-order valence-corrected chi connectivity index (χ0v) is 15.8. The van der Waals surface area contributed by atoms with E-state index in [2.05, 4.69) is 11.6 Å². The number of benzene rings is 2. The highest BCUT2D eigenvalue weighted by molar-refractivity contribution is 7.92. The summed E-state index contributed by atoms with van der Waals surface area (Å²) < 4.78 is 27.3. The van der Waals surface area contributed by atoms with E-state index < -0.39 is 10.0 Å². The van der Waals surface area contributed by atoms with Gasteiger partial charge < -0.3 is 4.90 Å². The molecule has 0 saturated heterocycles. The van der Waals surface area contributed by atoms with Gasteiger partial charge in [0.1, 0.15) is 0 Å². The van der Waals surface area contributed by atoms with Gasteiger partial charge >= 0.3 is 0 Å². The van der Waals surface area contributed by atoms with Crippen molar-refractivity contribution in [3.05, 3.63) is 59.1 Å². The number of carbonyl (C=O) groups is 1. The molecule has 0 aliphatic carbocycles. The molecular weight excluding hydrogens is 360 g/mol. The maximum atomic E-state index is 12.4. The Kier molecular flexibility index (Phi) is 6.45. The Morgan fingerprint density at radius 3 is 2.48 bits per heavy atom. The van der Waals surface area contributed by atoms with Gasteiger partial charge in [0.15, 0.2) is 0 Å². The molecule has 134 valence electrons. The van der Waals surface area contributed by atoms with Crippen molar-refractivity contribution in [1.82, 2.24) is 4.90 Å². The van der Waals surface area contributed by atoms with Gasteiger partial charge in [-0.15, -0.1) is 0 Å². The summed E-state index contributed by atoms with van der Waals surface area (Å²) in [5.74, 6) is -0.138. The van der Waals surface area contributed by atoms with Crippen molar-refractivity contribution in [2.24, 2.45) is 0 Å². The minimum Gasteiger partial charge on any atom is -0.342 e. The number of rotatable bonds is 7. The SMILES string of the molecule is CCCCN(C)C(=O)c1cccc(NS(=O)(=O)c2ccc(Cl)cc2)c1. The lowest BCUT2D eigenvalue weighted by atomic mass is 10.2. The summed E-state index contributed by atoms with van der Waals surface area (Å²) in [4.78, 5) is 14.2. The van der Waals surface area contributed by atoms with E-state index in [0.29, 0.717) is 22.8 Å². The summed E-state index contributed by atoms with van der Waals surface area (Å²) >= 11 is 5.79. The number of amides is 1. The van der Waals surface area contributed by atoms with Crippen LogP contribution in [0.5, 0.6) is 0 Å². The number of nitrogens with one attached hydrogen (secondary N) is 1. The van der Waals surface area contributed by atoms with Crippen molar-refractivity contribution in [3.8, 4) is 0 Å². The molecule has 2 rings (SSSR count). The molecular formula is C18H21ClN2O3S. The van der Waals surface area contributed by atoms with Crippen LogP contribution in [0, 0.1) is 0 Å². The van der Waals surface area contributed by atoms with E-state index in [1.165, 1.54) is 30.3 Å². The molecule has 0 bridgehead atoms. The van der Waals surface area contributed by atoms with Gasteiger partial charge in [-0.25, -0.2) is 8.42 Å². The molecule has 0 unspecified atom stereocenters. The number of carbonyl (C=O) groups excluding carboxylic acids is 1. The predicted octanol–water partition coefficient (Wildman–Crippen LogP) is 4.01. The van der Waals surface area contributed by atoms with E-state index in [1.807, 2.05) is 0 Å². The number of hydrogen-bond acceptors (Lipinski definition) is 3. The topological polar surface area (TPSA) is 66.5 Å². The van der Waals surface area contributed by atoms with Gasteiger partial charge in [0.2, 0.25) is 0 Å². The van der Waals surface area contributed by atoms with Crippen LogP contribution in [-0.4, -0.2) is 32.8 Å². The van der Waals surface area contributed by atoms with Crippen molar-refractivity contribution >= 4 is 33.2 Å². The van der Waals surface area contributed by atoms with Crippen LogP contribution in [0.3, 0.4) is 0 Å². The van der Waals surface area contributed by atoms with Crippen molar-refractivity contribution in [1.29, 1.82) is 0 Å². The van der Waals surface area contributed by atoms with Gasteiger partial charge in [0.25, 0.3) is 15.9 Å². The predicted molar refractivity (Wildman–Crippen MR) is 101 cm³/mol. The van der Waals surface area contributed by atoms with Gasteiger partial charge in [-0.2, -0.15) is 0 Å². The van der Waals surface area contributed by atoms with Gasteiger partial charge in [0.05, 0.1) is 4.90 Å². The maximum Gasteiger partial charge on any atom is 0.261 e. The molecule has 0 aliphatic heterocycles. The van der Waals surface area contributed by atoms with Gasteiger partial charge in [-0.3, -0.25) is 9.52 Å². The monoisotopic (exact) mass is 380 g/mol. The van der Waals surface area contributed by atoms with Crippen LogP contribution < -0.4 is 4.72 Å². The molecule has 0 radical (unpaired) electrons. The molecule has 2 aromatic carbocycles. The first-order valence-electron chi connectivity index (χ1n) is 7.97. The Balaban J connectivity index is 2.18. The van der Waals surface area contributed by atoms with Crippen LogP contribution in [0.4, 0.5) is 5.69 Å². The van der Waals surface area contributed by atoms with Crippen LogP contribution >= 0.6 is 11.6 Å². The molecule has 0 fully saturated rings. The number of sulfonamides is 1. The standard InChI is InChI=1S/C18H21ClN2O3S/c1-3-4-12-21(2)18(22)14-6-5-7-16(13-14)20-25(23,24)17-10-8-15(19)9-11-17/h5-11,13,20H,3-4,12H2,1-2H3. The molecule has 0 heterocycles. The maximum absolute atomic E-state index is 12.4. The average molecular weight is 381 g/mol. The molecule has 0 aromatic heterocycles. The van der Waals surface area contributed by atoms with E-state index in [-0.39, 0.29) is 10.8 Å². The van der Waals surface area contributed by atoms with Crippen LogP contribution in [0.1, 0.15) is 30.1 Å². The van der Waals surface area contributed by atoms with Crippen LogP contribution in [0.25, 0.3) is 0 Å². The molecule has 0 spiro atoms. The smallest absolute Gasteiger partial charge is 0.261 e. The quantitative estimate of drug-likeness (QED) is 0.789. The van der Waals surface area contributed by atoms with Crippen LogP contribution in [0.2, 0.25) is 5.02 Å². The van der Waals surface area contributed by atoms with Crippen molar-refractivity contribution in [3.63, 3.8) is 0 Å². The van der Waals surface area contributed by atoms with Crippen molar-refractivity contribution in [2.45, 2.75) is 24.7 Å². The van der Waals surface area contributed by atoms with E-state index in [1.54, 1.807) is 30.1 Å². The Labute approximate surface area is 153 Å². The van der Waals surface area contributed by atoms with Crippen LogP contribution in [-0.2, 0) is 10.0 Å². The molecule has 7 heteroatoms. The molecule has 1 N–H and O–H groups in total. The fraction of sp³-hybridized carbons (Fsp3) is 0.278. The Morgan fingerprint density at radius 2 is 1.84 bits per heavy atom. The number of unbranched alkanes of at least 4 members (excludes halogenated alkanes) is 1. The molecule has 1 amide bonds. The molecule has 0 atom stereocenters. The van der Waals surface area contributed by atoms with Crippen molar-refractivity contribution in [2.75, 3.05) is 18.3 Å². The second-order valence-corrected chi connectivity index (χ2v) is 7.84. The summed E-state index contributed by atoms with van der Waals surface area (Å²) in [6, 6.07) is 12.4. The van der Waals surface area contributed by atoms with E-state index in [4.69, 9.17) is 11.6 Å². The van der Waals surface area contributed by atoms with Gasteiger partial charge in [-0.1, -0.05) is 31.0 Å². The van der Waals surface area contributed by atoms with Crippen LogP contribution in [0.15, 0.2) is 53.4 Å².